The van der Waals surface area contributed by atoms with Gasteiger partial charge in [0.15, 0.2) is 6.39 Å². The average molecular weight is 602 g/mol. The number of H-pyrrole nitrogens is 1. The summed E-state index contributed by atoms with van der Waals surface area (Å²) < 4.78 is 13.0. The summed E-state index contributed by atoms with van der Waals surface area (Å²) in [6, 6.07) is 9.17. The van der Waals surface area contributed by atoms with Crippen LogP contribution < -0.4 is 0 Å². The third-order valence-corrected chi connectivity index (χ3v) is 8.19. The van der Waals surface area contributed by atoms with E-state index in [1.54, 1.807) is 21.8 Å². The fourth-order valence-electron chi connectivity index (χ4n) is 4.30. The zero-order valence-electron chi connectivity index (χ0n) is 19.3. The number of benzene rings is 1. The van der Waals surface area contributed by atoms with Crippen molar-refractivity contribution in [3.63, 3.8) is 0 Å². The molecule has 4 aromatic heterocycles. The van der Waals surface area contributed by atoms with Crippen molar-refractivity contribution in [2.45, 2.75) is 12.5 Å². The summed E-state index contributed by atoms with van der Waals surface area (Å²) in [6.45, 7) is 1.34. The molecule has 5 heterocycles. The molecule has 1 aliphatic rings. The summed E-state index contributed by atoms with van der Waals surface area (Å²) in [7, 11) is 1.35. The third kappa shape index (κ3) is 4.34. The van der Waals surface area contributed by atoms with E-state index in [0.29, 0.717) is 40.9 Å². The molecule has 0 saturated carbocycles. The fourth-order valence-corrected chi connectivity index (χ4v) is 5.82. The Morgan fingerprint density at radius 2 is 2.14 bits per heavy atom. The second kappa shape index (κ2) is 9.43. The van der Waals surface area contributed by atoms with Gasteiger partial charge in [-0.05, 0) is 30.3 Å². The molecule has 0 spiro atoms. The normalized spacial score (nSPS) is 13.8. The number of hydrogen-bond donors (Lipinski definition) is 1. The Morgan fingerprint density at radius 1 is 1.30 bits per heavy atom. The quantitative estimate of drug-likeness (QED) is 0.273. The number of carbonyl (C=O) groups excluding carboxylic acids is 2. The molecule has 0 aliphatic carbocycles. The van der Waals surface area contributed by atoms with Crippen LogP contribution in [0.3, 0.4) is 0 Å². The van der Waals surface area contributed by atoms with Gasteiger partial charge in [0.1, 0.15) is 27.7 Å². The number of nitrogens with zero attached hydrogens (tertiary/aromatic N) is 5. The number of carbonyl (C=O) groups is 2. The summed E-state index contributed by atoms with van der Waals surface area (Å²) in [6.07, 6.45) is 3.19. The van der Waals surface area contributed by atoms with Gasteiger partial charge >= 0.3 is 5.97 Å². The van der Waals surface area contributed by atoms with E-state index in [9.17, 15) is 9.59 Å². The fraction of sp³-hybridized carbons (Fsp3) is 0.208. The molecule has 10 nitrogen and oxygen atoms in total. The number of thiophene rings is 1. The molecule has 188 valence electrons. The molecule has 0 radical (unpaired) electrons. The Hall–Kier alpha value is -3.48. The van der Waals surface area contributed by atoms with E-state index >= 15 is 0 Å². The van der Waals surface area contributed by atoms with Gasteiger partial charge in [-0.15, -0.1) is 16.4 Å². The molecule has 5 aromatic rings. The van der Waals surface area contributed by atoms with Gasteiger partial charge in [0.25, 0.3) is 5.91 Å². The molecule has 37 heavy (non-hydrogen) atoms. The Bertz CT molecular complexity index is 1650. The lowest BCUT2D eigenvalue weighted by Crippen LogP contribution is -2.48. The van der Waals surface area contributed by atoms with Gasteiger partial charge in [-0.2, -0.15) is 0 Å². The van der Waals surface area contributed by atoms with E-state index < -0.39 is 0 Å². The standard InChI is InChI=1S/C24H18BrClN6O4S/c1-35-24(34)19-5-4-18(37-19)16-9-32(30-29-16)10-17-22(36-11-27-17)12-7-31(8-12)23(33)21-20(26)14-6-13(25)2-3-15(14)28-21/h2-6,9,11-12,28H,7-8,10H2,1H3. The summed E-state index contributed by atoms with van der Waals surface area (Å²) in [4.78, 5) is 35.4. The highest BCUT2D eigenvalue weighted by Crippen LogP contribution is 2.35. The van der Waals surface area contributed by atoms with Crippen molar-refractivity contribution in [2.75, 3.05) is 20.2 Å². The van der Waals surface area contributed by atoms with Crippen LogP contribution in [0.15, 0.2) is 51.8 Å². The monoisotopic (exact) mass is 600 g/mol. The largest absolute Gasteiger partial charge is 0.465 e. The number of hydrogen-bond acceptors (Lipinski definition) is 8. The van der Waals surface area contributed by atoms with Gasteiger partial charge in [-0.25, -0.2) is 14.5 Å². The summed E-state index contributed by atoms with van der Waals surface area (Å²) in [5.41, 5.74) is 2.56. The second-order valence-electron chi connectivity index (χ2n) is 8.53. The van der Waals surface area contributed by atoms with E-state index in [1.807, 2.05) is 24.3 Å². The summed E-state index contributed by atoms with van der Waals surface area (Å²) in [5, 5.41) is 9.62. The molecule has 13 heteroatoms. The minimum atomic E-state index is -0.385. The lowest BCUT2D eigenvalue weighted by molar-refractivity contribution is 0.0573. The van der Waals surface area contributed by atoms with Crippen LogP contribution in [-0.2, 0) is 11.3 Å². The molecule has 1 aliphatic heterocycles. The number of aromatic nitrogens is 5. The van der Waals surface area contributed by atoms with Crippen LogP contribution in [0.25, 0.3) is 21.5 Å². The number of aromatic amines is 1. The molecular formula is C24H18BrClN6O4S. The van der Waals surface area contributed by atoms with Crippen LogP contribution in [0.1, 0.15) is 37.5 Å². The van der Waals surface area contributed by atoms with Gasteiger partial charge in [-0.1, -0.05) is 32.7 Å². The van der Waals surface area contributed by atoms with E-state index in [-0.39, 0.29) is 17.8 Å². The molecule has 0 bridgehead atoms. The lowest BCUT2D eigenvalue weighted by Gasteiger charge is -2.38. The predicted molar refractivity (Wildman–Crippen MR) is 140 cm³/mol. The SMILES string of the molecule is COC(=O)c1ccc(-c2cn(Cc3ncoc3C3CN(C(=O)c4[nH]c5ccc(Br)cc5c4Cl)C3)nn2)s1. The molecule has 1 saturated heterocycles. The first kappa shape index (κ1) is 23.9. The highest BCUT2D eigenvalue weighted by atomic mass is 79.9. The van der Waals surface area contributed by atoms with Crippen molar-refractivity contribution >= 4 is 61.6 Å². The zero-order chi connectivity index (χ0) is 25.7. The topological polar surface area (TPSA) is 119 Å². The number of fused-ring (bicyclic) bond motifs is 1. The molecule has 0 unspecified atom stereocenters. The minimum Gasteiger partial charge on any atom is -0.465 e. The van der Waals surface area contributed by atoms with Crippen molar-refractivity contribution in [2.24, 2.45) is 0 Å². The van der Waals surface area contributed by atoms with Crippen LogP contribution in [-0.4, -0.2) is 61.9 Å². The summed E-state index contributed by atoms with van der Waals surface area (Å²) >= 11 is 11.2. The molecule has 1 amide bonds. The number of rotatable bonds is 6. The number of likely N-dealkylation sites (tertiary alicyclic amines) is 1. The highest BCUT2D eigenvalue weighted by molar-refractivity contribution is 9.10. The van der Waals surface area contributed by atoms with E-state index in [0.717, 1.165) is 31.7 Å². The maximum atomic E-state index is 13.1. The Balaban J connectivity index is 1.13. The Kier molecular flexibility index (Phi) is 6.09. The second-order valence-corrected chi connectivity index (χ2v) is 10.9. The van der Waals surface area contributed by atoms with Crippen LogP contribution in [0.4, 0.5) is 0 Å². The van der Waals surface area contributed by atoms with Gasteiger partial charge in [-0.3, -0.25) is 4.79 Å². The van der Waals surface area contributed by atoms with Crippen molar-refractivity contribution in [3.05, 3.63) is 74.4 Å². The molecule has 1 aromatic carbocycles. The molecular weight excluding hydrogens is 584 g/mol. The highest BCUT2D eigenvalue weighted by Gasteiger charge is 2.37. The van der Waals surface area contributed by atoms with Gasteiger partial charge in [0.2, 0.25) is 0 Å². The first-order chi connectivity index (χ1) is 17.9. The predicted octanol–water partition coefficient (Wildman–Crippen LogP) is 4.97. The first-order valence-electron chi connectivity index (χ1n) is 11.2. The summed E-state index contributed by atoms with van der Waals surface area (Å²) in [5.74, 6) is 0.195. The van der Waals surface area contributed by atoms with Crippen LogP contribution in [0, 0.1) is 0 Å². The van der Waals surface area contributed by atoms with Crippen LogP contribution >= 0.6 is 38.9 Å². The Morgan fingerprint density at radius 3 is 2.95 bits per heavy atom. The maximum Gasteiger partial charge on any atom is 0.348 e. The molecule has 1 N–H and O–H groups in total. The number of ether oxygens (including phenoxy) is 1. The zero-order valence-corrected chi connectivity index (χ0v) is 22.4. The van der Waals surface area contributed by atoms with Gasteiger partial charge < -0.3 is 19.0 Å². The number of oxazole rings is 1. The van der Waals surface area contributed by atoms with Crippen molar-refractivity contribution in [3.8, 4) is 10.6 Å². The smallest absolute Gasteiger partial charge is 0.348 e. The maximum absolute atomic E-state index is 13.1. The van der Waals surface area contributed by atoms with E-state index in [4.69, 9.17) is 20.8 Å². The van der Waals surface area contributed by atoms with Gasteiger partial charge in [0, 0.05) is 28.5 Å². The van der Waals surface area contributed by atoms with E-state index in [1.165, 1.54) is 24.8 Å². The third-order valence-electron chi connectivity index (χ3n) is 6.22. The number of halogens is 2. The molecule has 0 atom stereocenters. The van der Waals surface area contributed by atoms with E-state index in [2.05, 4.69) is 36.2 Å². The lowest BCUT2D eigenvalue weighted by atomic mass is 9.95. The average Bonchev–Trinajstić information content (AvgIpc) is 3.66. The number of methoxy groups -OCH3 is 1. The van der Waals surface area contributed by atoms with Crippen molar-refractivity contribution in [1.29, 1.82) is 0 Å². The first-order valence-corrected chi connectivity index (χ1v) is 13.2. The minimum absolute atomic E-state index is 0.0154. The number of amides is 1. The number of nitrogens with one attached hydrogen (secondary N) is 1. The van der Waals surface area contributed by atoms with Crippen molar-refractivity contribution < 1.29 is 18.7 Å². The number of esters is 1. The van der Waals surface area contributed by atoms with Crippen molar-refractivity contribution in [1.82, 2.24) is 29.9 Å². The molecule has 1 fully saturated rings. The van der Waals surface area contributed by atoms with Gasteiger partial charge in [0.05, 0.1) is 35.7 Å². The Labute approximate surface area is 227 Å². The van der Waals surface area contributed by atoms with Crippen LogP contribution in [0.5, 0.6) is 0 Å². The molecule has 6 rings (SSSR count). The van der Waals surface area contributed by atoms with Crippen LogP contribution in [0.2, 0.25) is 5.02 Å².